The van der Waals surface area contributed by atoms with Crippen molar-refractivity contribution in [2.75, 3.05) is 6.61 Å². The van der Waals surface area contributed by atoms with E-state index in [2.05, 4.69) is 33.8 Å². The number of hydrogen-bond acceptors (Lipinski definition) is 2. The minimum atomic E-state index is 0.228. The number of rotatable bonds is 5. The van der Waals surface area contributed by atoms with Crippen LogP contribution in [0.2, 0.25) is 0 Å². The highest BCUT2D eigenvalue weighted by Gasteiger charge is 2.37. The van der Waals surface area contributed by atoms with Crippen LogP contribution in [0, 0.1) is 28.6 Å². The summed E-state index contributed by atoms with van der Waals surface area (Å²) in [5.41, 5.74) is 0.228. The molecule has 0 unspecified atom stereocenters. The molecule has 0 spiro atoms. The first-order chi connectivity index (χ1) is 7.99. The van der Waals surface area contributed by atoms with Crippen molar-refractivity contribution in [1.82, 2.24) is 0 Å². The molecule has 0 radical (unpaired) electrons. The molecule has 0 aliphatic carbocycles. The lowest BCUT2D eigenvalue weighted by Crippen LogP contribution is -2.38. The molecule has 1 heterocycles. The molecule has 0 amide bonds. The quantitative estimate of drug-likeness (QED) is 0.719. The van der Waals surface area contributed by atoms with Crippen LogP contribution in [0.3, 0.4) is 0 Å². The Labute approximate surface area is 106 Å². The van der Waals surface area contributed by atoms with Crippen LogP contribution in [0.25, 0.3) is 0 Å². The molecule has 2 nitrogen and oxygen atoms in total. The van der Waals surface area contributed by atoms with E-state index in [0.717, 1.165) is 25.4 Å². The molecule has 0 aromatic rings. The zero-order valence-corrected chi connectivity index (χ0v) is 11.8. The van der Waals surface area contributed by atoms with Crippen molar-refractivity contribution in [3.63, 3.8) is 0 Å². The monoisotopic (exact) mass is 237 g/mol. The van der Waals surface area contributed by atoms with Gasteiger partial charge in [-0.25, -0.2) is 0 Å². The van der Waals surface area contributed by atoms with Crippen LogP contribution in [0.4, 0.5) is 0 Å². The molecule has 2 atom stereocenters. The fourth-order valence-electron chi connectivity index (χ4n) is 2.68. The lowest BCUT2D eigenvalue weighted by molar-refractivity contribution is -0.0721. The van der Waals surface area contributed by atoms with E-state index in [1.807, 2.05) is 0 Å². The van der Waals surface area contributed by atoms with Crippen LogP contribution in [-0.4, -0.2) is 12.7 Å². The first kappa shape index (κ1) is 14.5. The molecule has 0 saturated carbocycles. The van der Waals surface area contributed by atoms with Crippen molar-refractivity contribution >= 4 is 0 Å². The Balaban J connectivity index is 2.66. The van der Waals surface area contributed by atoms with Crippen molar-refractivity contribution < 1.29 is 4.74 Å². The van der Waals surface area contributed by atoms with E-state index in [-0.39, 0.29) is 5.41 Å². The standard InChI is InChI=1S/C15H27NO/c1-12(2)5-6-15(7-9-16)8-10-17-14(11-15)13(3)4/h12-14H,5-8,10-11H2,1-4H3/t14-,15+/m0/s1. The average Bonchev–Trinajstić information content (AvgIpc) is 2.27. The molecule has 1 rings (SSSR count). The largest absolute Gasteiger partial charge is 0.378 e. The average molecular weight is 237 g/mol. The third kappa shape index (κ3) is 4.32. The van der Waals surface area contributed by atoms with E-state index in [0.29, 0.717) is 18.4 Å². The predicted molar refractivity (Wildman–Crippen MR) is 70.5 cm³/mol. The Bertz CT molecular complexity index is 267. The van der Waals surface area contributed by atoms with E-state index in [9.17, 15) is 0 Å². The van der Waals surface area contributed by atoms with Gasteiger partial charge in [-0.1, -0.05) is 34.1 Å². The van der Waals surface area contributed by atoms with Gasteiger partial charge >= 0.3 is 0 Å². The van der Waals surface area contributed by atoms with Crippen molar-refractivity contribution in [3.05, 3.63) is 0 Å². The second-order valence-corrected chi connectivity index (χ2v) is 6.37. The van der Waals surface area contributed by atoms with Crippen LogP contribution >= 0.6 is 0 Å². The van der Waals surface area contributed by atoms with Gasteiger partial charge in [-0.3, -0.25) is 0 Å². The summed E-state index contributed by atoms with van der Waals surface area (Å²) in [5, 5.41) is 9.08. The van der Waals surface area contributed by atoms with Gasteiger partial charge in [0, 0.05) is 13.0 Å². The van der Waals surface area contributed by atoms with E-state index in [1.54, 1.807) is 0 Å². The van der Waals surface area contributed by atoms with E-state index < -0.39 is 0 Å². The third-order valence-corrected chi connectivity index (χ3v) is 4.05. The summed E-state index contributed by atoms with van der Waals surface area (Å²) < 4.78 is 5.84. The summed E-state index contributed by atoms with van der Waals surface area (Å²) in [7, 11) is 0. The predicted octanol–water partition coefficient (Wildman–Crippen LogP) is 4.16. The highest BCUT2D eigenvalue weighted by Crippen LogP contribution is 2.43. The van der Waals surface area contributed by atoms with Crippen molar-refractivity contribution in [3.8, 4) is 6.07 Å². The first-order valence-corrected chi connectivity index (χ1v) is 6.97. The molecule has 1 aliphatic heterocycles. The van der Waals surface area contributed by atoms with Crippen LogP contribution in [0.1, 0.15) is 59.8 Å². The molecule has 0 aromatic carbocycles. The summed E-state index contributed by atoms with van der Waals surface area (Å²) >= 11 is 0. The fourth-order valence-corrected chi connectivity index (χ4v) is 2.68. The maximum atomic E-state index is 9.08. The minimum absolute atomic E-state index is 0.228. The molecule has 0 N–H and O–H groups in total. The molecule has 2 heteroatoms. The van der Waals surface area contributed by atoms with Gasteiger partial charge < -0.3 is 4.74 Å². The Morgan fingerprint density at radius 3 is 2.59 bits per heavy atom. The summed E-state index contributed by atoms with van der Waals surface area (Å²) in [6.07, 6.45) is 5.61. The van der Waals surface area contributed by atoms with Gasteiger partial charge in [-0.05, 0) is 36.5 Å². The smallest absolute Gasteiger partial charge is 0.0627 e. The van der Waals surface area contributed by atoms with Gasteiger partial charge in [0.2, 0.25) is 0 Å². The summed E-state index contributed by atoms with van der Waals surface area (Å²) in [4.78, 5) is 0. The van der Waals surface area contributed by atoms with Crippen molar-refractivity contribution in [2.24, 2.45) is 17.3 Å². The SMILES string of the molecule is CC(C)CC[C@@]1(CC#N)CCO[C@H](C(C)C)C1. The second kappa shape index (κ2) is 6.40. The van der Waals surface area contributed by atoms with Crippen LogP contribution in [0.5, 0.6) is 0 Å². The molecule has 0 aromatic heterocycles. The Morgan fingerprint density at radius 1 is 1.35 bits per heavy atom. The highest BCUT2D eigenvalue weighted by atomic mass is 16.5. The minimum Gasteiger partial charge on any atom is -0.378 e. The maximum Gasteiger partial charge on any atom is 0.0627 e. The fraction of sp³-hybridized carbons (Fsp3) is 0.933. The Hall–Kier alpha value is -0.550. The number of nitriles is 1. The zero-order valence-electron chi connectivity index (χ0n) is 11.8. The lowest BCUT2D eigenvalue weighted by Gasteiger charge is -2.41. The summed E-state index contributed by atoms with van der Waals surface area (Å²) in [6.45, 7) is 9.80. The number of ether oxygens (including phenoxy) is 1. The molecule has 1 saturated heterocycles. The Kier molecular flexibility index (Phi) is 5.46. The second-order valence-electron chi connectivity index (χ2n) is 6.37. The maximum absolute atomic E-state index is 9.08. The van der Waals surface area contributed by atoms with E-state index in [1.165, 1.54) is 12.8 Å². The van der Waals surface area contributed by atoms with Crippen molar-refractivity contribution in [2.45, 2.75) is 65.9 Å². The van der Waals surface area contributed by atoms with Crippen LogP contribution in [-0.2, 0) is 4.74 Å². The van der Waals surface area contributed by atoms with Crippen LogP contribution in [0.15, 0.2) is 0 Å². The molecule has 17 heavy (non-hydrogen) atoms. The van der Waals surface area contributed by atoms with Gasteiger partial charge in [0.15, 0.2) is 0 Å². The van der Waals surface area contributed by atoms with E-state index in [4.69, 9.17) is 10.00 Å². The van der Waals surface area contributed by atoms with Crippen molar-refractivity contribution in [1.29, 1.82) is 5.26 Å². The molecule has 0 bridgehead atoms. The number of hydrogen-bond donors (Lipinski definition) is 0. The van der Waals surface area contributed by atoms with E-state index >= 15 is 0 Å². The zero-order chi connectivity index (χ0) is 12.9. The molecular formula is C15H27NO. The molecule has 1 aliphatic rings. The lowest BCUT2D eigenvalue weighted by atomic mass is 9.70. The normalized spacial score (nSPS) is 29.6. The third-order valence-electron chi connectivity index (χ3n) is 4.05. The highest BCUT2D eigenvalue weighted by molar-refractivity contribution is 4.93. The first-order valence-electron chi connectivity index (χ1n) is 6.97. The molecule has 1 fully saturated rings. The molecule has 98 valence electrons. The molecular weight excluding hydrogens is 210 g/mol. The summed E-state index contributed by atoms with van der Waals surface area (Å²) in [5.74, 6) is 1.29. The van der Waals surface area contributed by atoms with Gasteiger partial charge in [0.05, 0.1) is 12.2 Å². The van der Waals surface area contributed by atoms with Gasteiger partial charge in [-0.2, -0.15) is 5.26 Å². The topological polar surface area (TPSA) is 33.0 Å². The van der Waals surface area contributed by atoms with Gasteiger partial charge in [0.1, 0.15) is 0 Å². The van der Waals surface area contributed by atoms with Crippen LogP contribution < -0.4 is 0 Å². The Morgan fingerprint density at radius 2 is 2.06 bits per heavy atom. The van der Waals surface area contributed by atoms with Gasteiger partial charge in [-0.15, -0.1) is 0 Å². The number of nitrogens with zero attached hydrogens (tertiary/aromatic N) is 1. The van der Waals surface area contributed by atoms with Gasteiger partial charge in [0.25, 0.3) is 0 Å². The summed E-state index contributed by atoms with van der Waals surface area (Å²) in [6, 6.07) is 2.41.